The van der Waals surface area contributed by atoms with Gasteiger partial charge < -0.3 is 19.9 Å². The lowest BCUT2D eigenvalue weighted by Gasteiger charge is -2.37. The molecule has 2 aliphatic rings. The Labute approximate surface area is 204 Å². The molecular formula is C22H37ClIN5O. The summed E-state index contributed by atoms with van der Waals surface area (Å²) in [5, 5.41) is 4.44. The summed E-state index contributed by atoms with van der Waals surface area (Å²) in [6, 6.07) is 8.19. The van der Waals surface area contributed by atoms with Gasteiger partial charge in [-0.2, -0.15) is 0 Å². The maximum absolute atomic E-state index is 5.99. The highest BCUT2D eigenvalue weighted by Crippen LogP contribution is 2.17. The molecule has 2 saturated heterocycles. The molecule has 30 heavy (non-hydrogen) atoms. The zero-order valence-corrected chi connectivity index (χ0v) is 21.4. The first-order chi connectivity index (χ1) is 14.2. The zero-order valence-electron chi connectivity index (χ0n) is 18.4. The minimum Gasteiger partial charge on any atom is -0.383 e. The number of nitrogens with one attached hydrogen (secondary N) is 1. The molecule has 0 saturated carbocycles. The van der Waals surface area contributed by atoms with E-state index in [0.717, 1.165) is 69.3 Å². The molecule has 0 unspecified atom stereocenters. The predicted molar refractivity (Wildman–Crippen MR) is 136 cm³/mol. The summed E-state index contributed by atoms with van der Waals surface area (Å²) in [6.45, 7) is 10.4. The molecule has 170 valence electrons. The summed E-state index contributed by atoms with van der Waals surface area (Å²) in [4.78, 5) is 11.9. The van der Waals surface area contributed by atoms with E-state index in [0.29, 0.717) is 0 Å². The Morgan fingerprint density at radius 1 is 1.07 bits per heavy atom. The fourth-order valence-electron chi connectivity index (χ4n) is 4.17. The van der Waals surface area contributed by atoms with Crippen molar-refractivity contribution in [3.05, 3.63) is 34.9 Å². The zero-order chi connectivity index (χ0) is 20.5. The molecule has 0 aliphatic carbocycles. The van der Waals surface area contributed by atoms with Crippen molar-refractivity contribution in [2.45, 2.75) is 19.4 Å². The Kier molecular flexibility index (Phi) is 11.7. The van der Waals surface area contributed by atoms with E-state index < -0.39 is 0 Å². The Morgan fingerprint density at radius 2 is 1.73 bits per heavy atom. The highest BCUT2D eigenvalue weighted by molar-refractivity contribution is 14.0. The average molecular weight is 550 g/mol. The molecule has 0 atom stereocenters. The van der Waals surface area contributed by atoms with Crippen LogP contribution in [0.3, 0.4) is 0 Å². The van der Waals surface area contributed by atoms with Crippen molar-refractivity contribution in [1.82, 2.24) is 20.0 Å². The van der Waals surface area contributed by atoms with Crippen molar-refractivity contribution >= 4 is 41.5 Å². The van der Waals surface area contributed by atoms with Gasteiger partial charge in [-0.3, -0.25) is 9.89 Å². The number of methoxy groups -OCH3 is 1. The Hall–Kier alpha value is -0.610. The van der Waals surface area contributed by atoms with Gasteiger partial charge in [0.1, 0.15) is 0 Å². The summed E-state index contributed by atoms with van der Waals surface area (Å²) >= 11 is 5.99. The molecule has 1 aromatic rings. The van der Waals surface area contributed by atoms with Crippen LogP contribution in [0.4, 0.5) is 0 Å². The lowest BCUT2D eigenvalue weighted by molar-refractivity contribution is 0.120. The van der Waals surface area contributed by atoms with Crippen molar-refractivity contribution < 1.29 is 4.74 Å². The molecule has 1 N–H and O–H groups in total. The number of piperazine rings is 1. The largest absolute Gasteiger partial charge is 0.383 e. The normalized spacial score (nSPS) is 19.6. The molecule has 2 heterocycles. The van der Waals surface area contributed by atoms with Crippen molar-refractivity contribution in [2.24, 2.45) is 10.9 Å². The first kappa shape index (κ1) is 25.6. The van der Waals surface area contributed by atoms with E-state index >= 15 is 0 Å². The van der Waals surface area contributed by atoms with Crippen molar-refractivity contribution in [2.75, 3.05) is 73.1 Å². The molecule has 2 aliphatic heterocycles. The van der Waals surface area contributed by atoms with Crippen molar-refractivity contribution in [3.63, 3.8) is 0 Å². The van der Waals surface area contributed by atoms with E-state index in [1.807, 2.05) is 19.2 Å². The molecule has 0 radical (unpaired) electrons. The Bertz CT molecular complexity index is 629. The summed E-state index contributed by atoms with van der Waals surface area (Å²) in [5.41, 5.74) is 1.32. The van der Waals surface area contributed by atoms with Crippen LogP contribution in [-0.4, -0.2) is 93.8 Å². The van der Waals surface area contributed by atoms with Gasteiger partial charge in [0.25, 0.3) is 0 Å². The third-order valence-corrected chi connectivity index (χ3v) is 6.32. The van der Waals surface area contributed by atoms with Crippen LogP contribution in [0.25, 0.3) is 0 Å². The smallest absolute Gasteiger partial charge is 0.193 e. The second kappa shape index (κ2) is 13.7. The molecule has 6 nitrogen and oxygen atoms in total. The lowest BCUT2D eigenvalue weighted by Crippen LogP contribution is -2.53. The molecule has 0 bridgehead atoms. The molecule has 0 aromatic heterocycles. The second-order valence-corrected chi connectivity index (χ2v) is 8.53. The van der Waals surface area contributed by atoms with Crippen LogP contribution in [0.15, 0.2) is 29.3 Å². The van der Waals surface area contributed by atoms with E-state index in [1.165, 1.54) is 31.5 Å². The van der Waals surface area contributed by atoms with Gasteiger partial charge in [0.05, 0.1) is 6.61 Å². The van der Waals surface area contributed by atoms with Gasteiger partial charge in [0.15, 0.2) is 5.96 Å². The van der Waals surface area contributed by atoms with Gasteiger partial charge in [-0.1, -0.05) is 23.7 Å². The monoisotopic (exact) mass is 549 g/mol. The number of ether oxygens (including phenoxy) is 1. The molecule has 2 fully saturated rings. The highest BCUT2D eigenvalue weighted by atomic mass is 127. The van der Waals surface area contributed by atoms with E-state index in [9.17, 15) is 0 Å². The lowest BCUT2D eigenvalue weighted by atomic mass is 9.97. The number of nitrogens with zero attached hydrogens (tertiary/aromatic N) is 4. The van der Waals surface area contributed by atoms with Crippen molar-refractivity contribution in [3.8, 4) is 0 Å². The van der Waals surface area contributed by atoms with Crippen LogP contribution in [0.1, 0.15) is 18.4 Å². The van der Waals surface area contributed by atoms with E-state index in [1.54, 1.807) is 7.11 Å². The standard InChI is InChI=1S/C22H36ClN5O.HI/c1-24-22(25-17-19-7-9-26(10-8-19)15-16-29-2)28-13-11-27(12-14-28)18-20-3-5-21(23)6-4-20;/h3-6,19H,7-18H2,1-2H3,(H,24,25);1H. The van der Waals surface area contributed by atoms with Crippen LogP contribution in [0.2, 0.25) is 5.02 Å². The number of likely N-dealkylation sites (tertiary alicyclic amines) is 1. The SMILES string of the molecule is CN=C(NCC1CCN(CCOC)CC1)N1CCN(Cc2ccc(Cl)cc2)CC1.I. The fraction of sp³-hybridized carbons (Fsp3) is 0.682. The van der Waals surface area contributed by atoms with Crippen LogP contribution in [0, 0.1) is 5.92 Å². The molecular weight excluding hydrogens is 513 g/mol. The van der Waals surface area contributed by atoms with Crippen LogP contribution in [-0.2, 0) is 11.3 Å². The Balaban J connectivity index is 0.00000320. The van der Waals surface area contributed by atoms with Gasteiger partial charge in [0.2, 0.25) is 0 Å². The number of hydrogen-bond acceptors (Lipinski definition) is 4. The van der Waals surface area contributed by atoms with Crippen LogP contribution in [0.5, 0.6) is 0 Å². The summed E-state index contributed by atoms with van der Waals surface area (Å²) in [7, 11) is 3.68. The predicted octanol–water partition coefficient (Wildman–Crippen LogP) is 3.01. The maximum atomic E-state index is 5.99. The summed E-state index contributed by atoms with van der Waals surface area (Å²) in [6.07, 6.45) is 2.51. The number of hydrogen-bond donors (Lipinski definition) is 1. The van der Waals surface area contributed by atoms with Gasteiger partial charge in [-0.05, 0) is 49.5 Å². The third kappa shape index (κ3) is 8.15. The van der Waals surface area contributed by atoms with E-state index in [-0.39, 0.29) is 24.0 Å². The summed E-state index contributed by atoms with van der Waals surface area (Å²) in [5.74, 6) is 1.79. The van der Waals surface area contributed by atoms with Gasteiger partial charge in [-0.25, -0.2) is 0 Å². The highest BCUT2D eigenvalue weighted by Gasteiger charge is 2.22. The van der Waals surface area contributed by atoms with Crippen LogP contribution < -0.4 is 5.32 Å². The Morgan fingerprint density at radius 3 is 2.33 bits per heavy atom. The molecule has 1 aromatic carbocycles. The minimum atomic E-state index is 0. The summed E-state index contributed by atoms with van der Waals surface area (Å²) < 4.78 is 5.19. The molecule has 0 spiro atoms. The maximum Gasteiger partial charge on any atom is 0.193 e. The van der Waals surface area contributed by atoms with Crippen LogP contribution >= 0.6 is 35.6 Å². The minimum absolute atomic E-state index is 0. The van der Waals surface area contributed by atoms with Gasteiger partial charge >= 0.3 is 0 Å². The average Bonchev–Trinajstić information content (AvgIpc) is 2.76. The molecule has 8 heteroatoms. The number of piperidine rings is 1. The molecule has 0 amide bonds. The third-order valence-electron chi connectivity index (χ3n) is 6.07. The first-order valence-corrected chi connectivity index (χ1v) is 11.2. The molecule has 3 rings (SSSR count). The number of guanidine groups is 1. The quantitative estimate of drug-likeness (QED) is 0.322. The van der Waals surface area contributed by atoms with E-state index in [4.69, 9.17) is 16.3 Å². The number of benzene rings is 1. The first-order valence-electron chi connectivity index (χ1n) is 10.8. The fourth-order valence-corrected chi connectivity index (χ4v) is 4.29. The number of rotatable bonds is 7. The number of halogens is 2. The van der Waals surface area contributed by atoms with Gasteiger partial charge in [-0.15, -0.1) is 24.0 Å². The number of aliphatic imine (C=N–C) groups is 1. The second-order valence-electron chi connectivity index (χ2n) is 8.10. The van der Waals surface area contributed by atoms with Crippen molar-refractivity contribution in [1.29, 1.82) is 0 Å². The van der Waals surface area contributed by atoms with E-state index in [2.05, 4.69) is 37.1 Å². The topological polar surface area (TPSA) is 43.3 Å². The van der Waals surface area contributed by atoms with Gasteiger partial charge in [0, 0.05) is 65.0 Å².